The molecule has 21 heavy (non-hydrogen) atoms. The monoisotopic (exact) mass is 349 g/mol. The SMILES string of the molecule is NC(=NCC(O)CS(=O)(=O)c1cccs1)N1CCSCC1. The Balaban J connectivity index is 1.88. The van der Waals surface area contributed by atoms with Crippen LogP contribution in [-0.4, -0.2) is 67.4 Å². The Labute approximate surface area is 133 Å². The summed E-state index contributed by atoms with van der Waals surface area (Å²) in [5, 5.41) is 11.6. The summed E-state index contributed by atoms with van der Waals surface area (Å²) in [6.07, 6.45) is -1.05. The van der Waals surface area contributed by atoms with Crippen LogP contribution >= 0.6 is 23.1 Å². The standard InChI is InChI=1S/C12H19N3O3S3/c13-12(15-3-6-19-7-4-15)14-8-10(16)9-21(17,18)11-2-1-5-20-11/h1-2,5,10,16H,3-4,6-9H2,(H2,13,14). The summed E-state index contributed by atoms with van der Waals surface area (Å²) in [6.45, 7) is 1.67. The van der Waals surface area contributed by atoms with Gasteiger partial charge in [-0.1, -0.05) is 6.07 Å². The van der Waals surface area contributed by atoms with Crippen molar-refractivity contribution in [3.63, 3.8) is 0 Å². The molecule has 0 spiro atoms. The number of rotatable bonds is 5. The van der Waals surface area contributed by atoms with Crippen molar-refractivity contribution in [2.75, 3.05) is 36.9 Å². The largest absolute Gasteiger partial charge is 0.390 e. The number of hydrogen-bond acceptors (Lipinski definition) is 6. The van der Waals surface area contributed by atoms with Gasteiger partial charge in [0.05, 0.1) is 18.4 Å². The van der Waals surface area contributed by atoms with Crippen LogP contribution in [0.3, 0.4) is 0 Å². The van der Waals surface area contributed by atoms with E-state index in [1.165, 1.54) is 6.07 Å². The third-order valence-corrected chi connectivity index (χ3v) is 7.24. The third kappa shape index (κ3) is 4.87. The predicted octanol–water partition coefficient (Wildman–Crippen LogP) is 0.246. The van der Waals surface area contributed by atoms with Crippen LogP contribution in [0.4, 0.5) is 0 Å². The van der Waals surface area contributed by atoms with E-state index in [9.17, 15) is 13.5 Å². The highest BCUT2D eigenvalue weighted by Gasteiger charge is 2.21. The van der Waals surface area contributed by atoms with Gasteiger partial charge in [0.2, 0.25) is 0 Å². The second-order valence-electron chi connectivity index (χ2n) is 4.67. The van der Waals surface area contributed by atoms with Crippen LogP contribution in [0.1, 0.15) is 0 Å². The Morgan fingerprint density at radius 2 is 2.19 bits per heavy atom. The Morgan fingerprint density at radius 1 is 1.48 bits per heavy atom. The van der Waals surface area contributed by atoms with E-state index in [0.717, 1.165) is 35.9 Å². The third-order valence-electron chi connectivity index (χ3n) is 3.01. The fourth-order valence-electron chi connectivity index (χ4n) is 1.92. The van der Waals surface area contributed by atoms with Crippen LogP contribution in [0.2, 0.25) is 0 Å². The number of aliphatic hydroxyl groups is 1. The lowest BCUT2D eigenvalue weighted by atomic mass is 10.4. The number of thioether (sulfide) groups is 1. The molecule has 3 N–H and O–H groups in total. The van der Waals surface area contributed by atoms with Gasteiger partial charge in [0, 0.05) is 24.6 Å². The summed E-state index contributed by atoms with van der Waals surface area (Å²) in [4.78, 5) is 6.07. The van der Waals surface area contributed by atoms with Crippen LogP contribution < -0.4 is 5.73 Å². The zero-order chi connectivity index (χ0) is 15.3. The number of aliphatic imine (C=N–C) groups is 1. The minimum atomic E-state index is -3.45. The first-order valence-electron chi connectivity index (χ1n) is 6.56. The summed E-state index contributed by atoms with van der Waals surface area (Å²) in [5.41, 5.74) is 5.86. The highest BCUT2D eigenvalue weighted by Crippen LogP contribution is 2.18. The molecule has 0 radical (unpaired) electrons. The molecule has 1 aromatic rings. The minimum Gasteiger partial charge on any atom is -0.390 e. The van der Waals surface area contributed by atoms with Gasteiger partial charge in [0.15, 0.2) is 15.8 Å². The van der Waals surface area contributed by atoms with E-state index in [0.29, 0.717) is 5.96 Å². The number of nitrogens with two attached hydrogens (primary N) is 1. The number of nitrogens with zero attached hydrogens (tertiary/aromatic N) is 2. The first-order valence-corrected chi connectivity index (χ1v) is 10.2. The van der Waals surface area contributed by atoms with Crippen molar-refractivity contribution in [3.05, 3.63) is 17.5 Å². The zero-order valence-corrected chi connectivity index (χ0v) is 14.0. The summed E-state index contributed by atoms with van der Waals surface area (Å²) < 4.78 is 24.3. The molecule has 2 rings (SSSR count). The lowest BCUT2D eigenvalue weighted by molar-refractivity contribution is 0.205. The van der Waals surface area contributed by atoms with E-state index in [1.54, 1.807) is 11.4 Å². The molecule has 1 aliphatic heterocycles. The summed E-state index contributed by atoms with van der Waals surface area (Å²) in [7, 11) is -3.45. The molecule has 0 aliphatic carbocycles. The van der Waals surface area contributed by atoms with E-state index in [1.807, 2.05) is 16.7 Å². The zero-order valence-electron chi connectivity index (χ0n) is 11.5. The first kappa shape index (κ1) is 16.6. The van der Waals surface area contributed by atoms with Crippen LogP contribution in [0.25, 0.3) is 0 Å². The highest BCUT2D eigenvalue weighted by molar-refractivity contribution is 7.99. The van der Waals surface area contributed by atoms with Crippen LogP contribution in [0, 0.1) is 0 Å². The molecule has 1 aliphatic rings. The van der Waals surface area contributed by atoms with Crippen molar-refractivity contribution in [2.24, 2.45) is 10.7 Å². The van der Waals surface area contributed by atoms with E-state index >= 15 is 0 Å². The quantitative estimate of drug-likeness (QED) is 0.584. The van der Waals surface area contributed by atoms with E-state index in [-0.39, 0.29) is 16.5 Å². The van der Waals surface area contributed by atoms with Crippen LogP contribution in [0.5, 0.6) is 0 Å². The summed E-state index contributed by atoms with van der Waals surface area (Å²) >= 11 is 3.02. The van der Waals surface area contributed by atoms with E-state index < -0.39 is 15.9 Å². The molecule has 1 fully saturated rings. The lowest BCUT2D eigenvalue weighted by Crippen LogP contribution is -2.43. The molecule has 1 atom stereocenters. The fraction of sp³-hybridized carbons (Fsp3) is 0.583. The number of guanidine groups is 1. The van der Waals surface area contributed by atoms with Crippen LogP contribution in [-0.2, 0) is 9.84 Å². The number of thiophene rings is 1. The topological polar surface area (TPSA) is 96.0 Å². The first-order chi connectivity index (χ1) is 9.99. The number of aliphatic hydroxyl groups excluding tert-OH is 1. The van der Waals surface area contributed by atoms with Gasteiger partial charge in [-0.25, -0.2) is 8.42 Å². The Hall–Kier alpha value is -0.770. The van der Waals surface area contributed by atoms with Gasteiger partial charge in [-0.15, -0.1) is 11.3 Å². The van der Waals surface area contributed by atoms with Gasteiger partial charge in [0.25, 0.3) is 0 Å². The van der Waals surface area contributed by atoms with Crippen molar-refractivity contribution < 1.29 is 13.5 Å². The number of sulfone groups is 1. The molecule has 0 amide bonds. The summed E-state index contributed by atoms with van der Waals surface area (Å²) in [6, 6.07) is 3.21. The maximum absolute atomic E-state index is 12.0. The van der Waals surface area contributed by atoms with E-state index in [4.69, 9.17) is 5.73 Å². The number of hydrogen-bond donors (Lipinski definition) is 2. The molecule has 9 heteroatoms. The molecule has 6 nitrogen and oxygen atoms in total. The van der Waals surface area contributed by atoms with Gasteiger partial charge in [-0.3, -0.25) is 4.99 Å². The van der Waals surface area contributed by atoms with Gasteiger partial charge in [0.1, 0.15) is 4.21 Å². The smallest absolute Gasteiger partial charge is 0.191 e. The Kier molecular flexibility index (Phi) is 5.91. The average Bonchev–Trinajstić information content (AvgIpc) is 3.00. The minimum absolute atomic E-state index is 0.0000808. The fourth-order valence-corrected chi connectivity index (χ4v) is 5.29. The predicted molar refractivity (Wildman–Crippen MR) is 87.8 cm³/mol. The lowest BCUT2D eigenvalue weighted by Gasteiger charge is -2.27. The molecule has 1 aromatic heterocycles. The highest BCUT2D eigenvalue weighted by atomic mass is 32.2. The normalized spacial score (nSPS) is 18.7. The van der Waals surface area contributed by atoms with Gasteiger partial charge in [-0.2, -0.15) is 11.8 Å². The molecular weight excluding hydrogens is 330 g/mol. The van der Waals surface area contributed by atoms with Crippen molar-refractivity contribution in [1.29, 1.82) is 0 Å². The van der Waals surface area contributed by atoms with Gasteiger partial charge >= 0.3 is 0 Å². The van der Waals surface area contributed by atoms with Crippen LogP contribution in [0.15, 0.2) is 26.7 Å². The summed E-state index contributed by atoms with van der Waals surface area (Å²) in [5.74, 6) is 2.06. The maximum atomic E-state index is 12.0. The maximum Gasteiger partial charge on any atom is 0.191 e. The van der Waals surface area contributed by atoms with Gasteiger partial charge in [-0.05, 0) is 11.4 Å². The van der Waals surface area contributed by atoms with E-state index in [2.05, 4.69) is 4.99 Å². The molecule has 0 bridgehead atoms. The molecule has 2 heterocycles. The van der Waals surface area contributed by atoms with Crippen molar-refractivity contribution in [3.8, 4) is 0 Å². The second kappa shape index (κ2) is 7.48. The molecule has 118 valence electrons. The molecule has 0 aromatic carbocycles. The van der Waals surface area contributed by atoms with Crippen molar-refractivity contribution in [1.82, 2.24) is 4.90 Å². The molecule has 1 unspecified atom stereocenters. The molecule has 1 saturated heterocycles. The molecule has 0 saturated carbocycles. The van der Waals surface area contributed by atoms with Crippen molar-refractivity contribution in [2.45, 2.75) is 10.3 Å². The Bertz CT molecular complexity index is 566. The average molecular weight is 350 g/mol. The Morgan fingerprint density at radius 3 is 2.81 bits per heavy atom. The van der Waals surface area contributed by atoms with Crippen molar-refractivity contribution >= 4 is 38.9 Å². The molecular formula is C12H19N3O3S3. The second-order valence-corrected chi connectivity index (χ2v) is 9.10. The van der Waals surface area contributed by atoms with Gasteiger partial charge < -0.3 is 15.7 Å².